The molecule has 1 aromatic rings. The van der Waals surface area contributed by atoms with Crippen LogP contribution in [0.3, 0.4) is 0 Å². The van der Waals surface area contributed by atoms with Gasteiger partial charge >= 0.3 is 0 Å². The molecular formula is C18H28N2OS. The SMILES string of the molecule is CC(C)(C)SCC(=O)N1CCCN(Cc2ccccc2)CC1. The van der Waals surface area contributed by atoms with Crippen LogP contribution in [0.2, 0.25) is 0 Å². The fourth-order valence-corrected chi connectivity index (χ4v) is 3.33. The lowest BCUT2D eigenvalue weighted by molar-refractivity contribution is -0.128. The van der Waals surface area contributed by atoms with Crippen LogP contribution in [0.5, 0.6) is 0 Å². The van der Waals surface area contributed by atoms with Gasteiger partial charge in [-0.2, -0.15) is 0 Å². The second kappa shape index (κ2) is 8.02. The van der Waals surface area contributed by atoms with E-state index in [2.05, 4.69) is 56.0 Å². The maximum Gasteiger partial charge on any atom is 0.232 e. The Labute approximate surface area is 139 Å². The molecule has 0 unspecified atom stereocenters. The van der Waals surface area contributed by atoms with E-state index in [9.17, 15) is 4.79 Å². The van der Waals surface area contributed by atoms with Crippen LogP contribution in [0, 0.1) is 0 Å². The quantitative estimate of drug-likeness (QED) is 0.851. The summed E-state index contributed by atoms with van der Waals surface area (Å²) >= 11 is 1.74. The predicted octanol–water partition coefficient (Wildman–Crippen LogP) is 3.25. The van der Waals surface area contributed by atoms with E-state index < -0.39 is 0 Å². The first kappa shape index (κ1) is 17.4. The Kier molecular flexibility index (Phi) is 6.33. The third-order valence-corrected chi connectivity index (χ3v) is 5.08. The lowest BCUT2D eigenvalue weighted by Crippen LogP contribution is -2.36. The smallest absolute Gasteiger partial charge is 0.232 e. The third kappa shape index (κ3) is 6.01. The van der Waals surface area contributed by atoms with E-state index in [-0.39, 0.29) is 4.75 Å². The molecule has 0 aliphatic carbocycles. The molecule has 1 aliphatic rings. The number of amides is 1. The molecular weight excluding hydrogens is 292 g/mol. The summed E-state index contributed by atoms with van der Waals surface area (Å²) in [4.78, 5) is 16.9. The van der Waals surface area contributed by atoms with Gasteiger partial charge in [-0.1, -0.05) is 51.1 Å². The Morgan fingerprint density at radius 2 is 1.82 bits per heavy atom. The average molecular weight is 321 g/mol. The summed E-state index contributed by atoms with van der Waals surface area (Å²) in [5, 5.41) is 0. The van der Waals surface area contributed by atoms with Crippen molar-refractivity contribution in [2.45, 2.75) is 38.5 Å². The first-order valence-electron chi connectivity index (χ1n) is 8.12. The van der Waals surface area contributed by atoms with E-state index >= 15 is 0 Å². The number of hydrogen-bond acceptors (Lipinski definition) is 3. The highest BCUT2D eigenvalue weighted by atomic mass is 32.2. The van der Waals surface area contributed by atoms with Crippen LogP contribution in [0.15, 0.2) is 30.3 Å². The number of hydrogen-bond donors (Lipinski definition) is 0. The zero-order valence-electron chi connectivity index (χ0n) is 14.0. The first-order valence-corrected chi connectivity index (χ1v) is 9.11. The molecule has 1 saturated heterocycles. The van der Waals surface area contributed by atoms with Gasteiger partial charge in [0.1, 0.15) is 0 Å². The topological polar surface area (TPSA) is 23.6 Å². The standard InChI is InChI=1S/C18H28N2OS/c1-18(2,3)22-15-17(21)20-11-7-10-19(12-13-20)14-16-8-5-4-6-9-16/h4-6,8-9H,7,10-15H2,1-3H3. The van der Waals surface area contributed by atoms with Crippen molar-refractivity contribution in [2.75, 3.05) is 31.9 Å². The van der Waals surface area contributed by atoms with Gasteiger partial charge in [0.05, 0.1) is 5.75 Å². The van der Waals surface area contributed by atoms with Crippen LogP contribution in [-0.2, 0) is 11.3 Å². The molecule has 3 nitrogen and oxygen atoms in total. The van der Waals surface area contributed by atoms with Gasteiger partial charge in [0.15, 0.2) is 0 Å². The van der Waals surface area contributed by atoms with Gasteiger partial charge in [0.25, 0.3) is 0 Å². The molecule has 1 aliphatic heterocycles. The van der Waals surface area contributed by atoms with Crippen LogP contribution in [-0.4, -0.2) is 52.4 Å². The van der Waals surface area contributed by atoms with Crippen molar-refractivity contribution in [1.29, 1.82) is 0 Å². The molecule has 0 saturated carbocycles. The minimum atomic E-state index is 0.154. The number of carbonyl (C=O) groups excluding carboxylic acids is 1. The summed E-state index contributed by atoms with van der Waals surface area (Å²) < 4.78 is 0.154. The highest BCUT2D eigenvalue weighted by Gasteiger charge is 2.21. The lowest BCUT2D eigenvalue weighted by Gasteiger charge is -2.24. The Morgan fingerprint density at radius 3 is 2.50 bits per heavy atom. The highest BCUT2D eigenvalue weighted by Crippen LogP contribution is 2.23. The lowest BCUT2D eigenvalue weighted by atomic mass is 10.2. The fraction of sp³-hybridized carbons (Fsp3) is 0.611. The van der Waals surface area contributed by atoms with E-state index in [1.54, 1.807) is 11.8 Å². The molecule has 0 atom stereocenters. The molecule has 1 amide bonds. The largest absolute Gasteiger partial charge is 0.341 e. The van der Waals surface area contributed by atoms with E-state index in [0.717, 1.165) is 39.1 Å². The van der Waals surface area contributed by atoms with Gasteiger partial charge in [-0.15, -0.1) is 11.8 Å². The van der Waals surface area contributed by atoms with Gasteiger partial charge in [0, 0.05) is 37.5 Å². The van der Waals surface area contributed by atoms with Crippen LogP contribution in [0.4, 0.5) is 0 Å². The Balaban J connectivity index is 1.80. The zero-order valence-corrected chi connectivity index (χ0v) is 14.9. The molecule has 4 heteroatoms. The van der Waals surface area contributed by atoms with Crippen molar-refractivity contribution in [3.8, 4) is 0 Å². The van der Waals surface area contributed by atoms with Gasteiger partial charge in [-0.05, 0) is 12.0 Å². The number of rotatable bonds is 4. The fourth-order valence-electron chi connectivity index (χ4n) is 2.59. The van der Waals surface area contributed by atoms with Crippen molar-refractivity contribution >= 4 is 17.7 Å². The minimum absolute atomic E-state index is 0.154. The zero-order chi connectivity index (χ0) is 16.0. The van der Waals surface area contributed by atoms with E-state index in [0.29, 0.717) is 11.7 Å². The Morgan fingerprint density at radius 1 is 1.09 bits per heavy atom. The number of benzene rings is 1. The van der Waals surface area contributed by atoms with Gasteiger partial charge in [0.2, 0.25) is 5.91 Å². The van der Waals surface area contributed by atoms with Crippen molar-refractivity contribution < 1.29 is 4.79 Å². The molecule has 0 spiro atoms. The molecule has 1 aromatic carbocycles. The first-order chi connectivity index (χ1) is 10.4. The number of nitrogens with zero attached hydrogens (tertiary/aromatic N) is 2. The van der Waals surface area contributed by atoms with Crippen LogP contribution < -0.4 is 0 Å². The molecule has 0 aromatic heterocycles. The second-order valence-electron chi connectivity index (χ2n) is 6.90. The molecule has 2 rings (SSSR count). The number of thioether (sulfide) groups is 1. The van der Waals surface area contributed by atoms with E-state index in [1.807, 2.05) is 4.90 Å². The summed E-state index contributed by atoms with van der Waals surface area (Å²) in [7, 11) is 0. The summed E-state index contributed by atoms with van der Waals surface area (Å²) in [6.45, 7) is 11.3. The van der Waals surface area contributed by atoms with E-state index in [4.69, 9.17) is 0 Å². The van der Waals surface area contributed by atoms with Crippen LogP contribution >= 0.6 is 11.8 Å². The van der Waals surface area contributed by atoms with Gasteiger partial charge in [-0.3, -0.25) is 9.69 Å². The van der Waals surface area contributed by atoms with E-state index in [1.165, 1.54) is 5.56 Å². The molecule has 0 radical (unpaired) electrons. The highest BCUT2D eigenvalue weighted by molar-refractivity contribution is 8.01. The van der Waals surface area contributed by atoms with Gasteiger partial charge in [-0.25, -0.2) is 0 Å². The molecule has 122 valence electrons. The predicted molar refractivity (Wildman–Crippen MR) is 95.1 cm³/mol. The molecule has 1 heterocycles. The summed E-state index contributed by atoms with van der Waals surface area (Å²) in [6, 6.07) is 10.6. The van der Waals surface area contributed by atoms with Crippen molar-refractivity contribution in [3.05, 3.63) is 35.9 Å². The van der Waals surface area contributed by atoms with Crippen molar-refractivity contribution in [3.63, 3.8) is 0 Å². The normalized spacial score (nSPS) is 17.3. The van der Waals surface area contributed by atoms with Crippen LogP contribution in [0.1, 0.15) is 32.8 Å². The second-order valence-corrected chi connectivity index (χ2v) is 8.70. The van der Waals surface area contributed by atoms with Crippen LogP contribution in [0.25, 0.3) is 0 Å². The molecule has 1 fully saturated rings. The minimum Gasteiger partial charge on any atom is -0.341 e. The van der Waals surface area contributed by atoms with Gasteiger partial charge < -0.3 is 4.90 Å². The number of carbonyl (C=O) groups is 1. The average Bonchev–Trinajstić information content (AvgIpc) is 2.71. The summed E-state index contributed by atoms with van der Waals surface area (Å²) in [5.41, 5.74) is 1.35. The molecule has 22 heavy (non-hydrogen) atoms. The monoisotopic (exact) mass is 320 g/mol. The molecule has 0 bridgehead atoms. The van der Waals surface area contributed by atoms with Crippen molar-refractivity contribution in [2.24, 2.45) is 0 Å². The Hall–Kier alpha value is -1.00. The maximum atomic E-state index is 12.3. The molecule has 0 N–H and O–H groups in total. The van der Waals surface area contributed by atoms with Crippen molar-refractivity contribution in [1.82, 2.24) is 9.80 Å². The summed E-state index contributed by atoms with van der Waals surface area (Å²) in [6.07, 6.45) is 1.07. The summed E-state index contributed by atoms with van der Waals surface area (Å²) in [5.74, 6) is 0.892. The Bertz CT molecular complexity index is 470. The third-order valence-electron chi connectivity index (χ3n) is 3.82. The maximum absolute atomic E-state index is 12.3.